The van der Waals surface area contributed by atoms with Crippen LogP contribution in [0, 0.1) is 0 Å². The first-order valence-electron chi connectivity index (χ1n) is 9.64. The van der Waals surface area contributed by atoms with Crippen LogP contribution in [0.3, 0.4) is 0 Å². The standard InChI is InChI=1S/C22H26N4O3/c1-29-20-7-3-2-5-18(20)6-4-13-26-14-12-24-22(28)19(26)15-21(27)25-16-17-8-10-23-11-9-17/h2-11,19H,12-16H2,1H3,(H,24,28)(H,25,27). The van der Waals surface area contributed by atoms with Crippen molar-refractivity contribution in [1.82, 2.24) is 20.5 Å². The van der Waals surface area contributed by atoms with Crippen LogP contribution >= 0.6 is 0 Å². The maximum atomic E-state index is 12.4. The normalized spacial score (nSPS) is 17.1. The van der Waals surface area contributed by atoms with Crippen LogP contribution in [0.15, 0.2) is 54.9 Å². The molecule has 0 aliphatic carbocycles. The number of hydrogen-bond acceptors (Lipinski definition) is 5. The zero-order valence-corrected chi connectivity index (χ0v) is 16.5. The number of hydrogen-bond donors (Lipinski definition) is 2. The number of nitrogens with zero attached hydrogens (tertiary/aromatic N) is 2. The van der Waals surface area contributed by atoms with Gasteiger partial charge in [0.25, 0.3) is 0 Å². The molecule has 29 heavy (non-hydrogen) atoms. The second kappa shape index (κ2) is 10.4. The van der Waals surface area contributed by atoms with Gasteiger partial charge in [-0.25, -0.2) is 0 Å². The summed E-state index contributed by atoms with van der Waals surface area (Å²) in [7, 11) is 1.64. The number of aromatic nitrogens is 1. The molecule has 1 saturated heterocycles. The Morgan fingerprint density at radius 3 is 2.90 bits per heavy atom. The molecule has 0 spiro atoms. The minimum Gasteiger partial charge on any atom is -0.496 e. The number of methoxy groups -OCH3 is 1. The zero-order chi connectivity index (χ0) is 20.5. The molecule has 1 aromatic heterocycles. The molecule has 1 fully saturated rings. The molecule has 1 unspecified atom stereocenters. The predicted octanol–water partition coefficient (Wildman–Crippen LogP) is 1.61. The van der Waals surface area contributed by atoms with Crippen LogP contribution in [0.25, 0.3) is 6.08 Å². The van der Waals surface area contributed by atoms with E-state index in [1.165, 1.54) is 0 Å². The van der Waals surface area contributed by atoms with E-state index >= 15 is 0 Å². The Bertz CT molecular complexity index is 854. The van der Waals surface area contributed by atoms with Crippen molar-refractivity contribution in [3.05, 3.63) is 66.0 Å². The van der Waals surface area contributed by atoms with E-state index in [0.717, 1.165) is 16.9 Å². The van der Waals surface area contributed by atoms with Crippen LogP contribution in [0.5, 0.6) is 5.75 Å². The summed E-state index contributed by atoms with van der Waals surface area (Å²) in [5, 5.41) is 5.73. The van der Waals surface area contributed by atoms with Gasteiger partial charge in [0.1, 0.15) is 5.75 Å². The number of ether oxygens (including phenoxy) is 1. The van der Waals surface area contributed by atoms with Crippen LogP contribution < -0.4 is 15.4 Å². The predicted molar refractivity (Wildman–Crippen MR) is 111 cm³/mol. The van der Waals surface area contributed by atoms with E-state index in [0.29, 0.717) is 26.2 Å². The second-order valence-electron chi connectivity index (χ2n) is 6.78. The van der Waals surface area contributed by atoms with Crippen molar-refractivity contribution in [3.8, 4) is 5.75 Å². The van der Waals surface area contributed by atoms with Crippen molar-refractivity contribution in [1.29, 1.82) is 0 Å². The van der Waals surface area contributed by atoms with E-state index in [1.807, 2.05) is 53.5 Å². The highest BCUT2D eigenvalue weighted by Crippen LogP contribution is 2.19. The van der Waals surface area contributed by atoms with E-state index < -0.39 is 6.04 Å². The van der Waals surface area contributed by atoms with Crippen molar-refractivity contribution in [2.24, 2.45) is 0 Å². The number of rotatable bonds is 8. The van der Waals surface area contributed by atoms with Gasteiger partial charge in [-0.15, -0.1) is 0 Å². The SMILES string of the molecule is COc1ccccc1C=CCN1CCNC(=O)C1CC(=O)NCc1ccncc1. The highest BCUT2D eigenvalue weighted by Gasteiger charge is 2.30. The Hall–Kier alpha value is -3.19. The van der Waals surface area contributed by atoms with Crippen LogP contribution in [-0.2, 0) is 16.1 Å². The lowest BCUT2D eigenvalue weighted by Gasteiger charge is -2.33. The first kappa shape index (κ1) is 20.5. The fraction of sp³-hybridized carbons (Fsp3) is 0.318. The van der Waals surface area contributed by atoms with Gasteiger partial charge in [-0.3, -0.25) is 19.5 Å². The lowest BCUT2D eigenvalue weighted by atomic mass is 10.1. The highest BCUT2D eigenvalue weighted by atomic mass is 16.5. The lowest BCUT2D eigenvalue weighted by Crippen LogP contribution is -2.56. The molecule has 152 valence electrons. The monoisotopic (exact) mass is 394 g/mol. The summed E-state index contributed by atoms with van der Waals surface area (Å²) in [5.41, 5.74) is 1.95. The molecule has 2 heterocycles. The molecule has 1 aliphatic heterocycles. The van der Waals surface area contributed by atoms with Gasteiger partial charge in [0.15, 0.2) is 0 Å². The van der Waals surface area contributed by atoms with Crippen LogP contribution in [0.2, 0.25) is 0 Å². The fourth-order valence-electron chi connectivity index (χ4n) is 3.27. The Morgan fingerprint density at radius 2 is 2.10 bits per heavy atom. The van der Waals surface area contributed by atoms with Crippen LogP contribution in [-0.4, -0.2) is 54.5 Å². The summed E-state index contributed by atoms with van der Waals surface area (Å²) in [6.45, 7) is 2.28. The highest BCUT2D eigenvalue weighted by molar-refractivity contribution is 5.88. The van der Waals surface area contributed by atoms with E-state index in [4.69, 9.17) is 4.74 Å². The Kier molecular flexibility index (Phi) is 7.35. The molecule has 0 radical (unpaired) electrons. The summed E-state index contributed by atoms with van der Waals surface area (Å²) in [4.78, 5) is 30.7. The molecule has 7 heteroatoms. The van der Waals surface area contributed by atoms with Crippen molar-refractivity contribution < 1.29 is 14.3 Å². The van der Waals surface area contributed by atoms with Gasteiger partial charge in [0.2, 0.25) is 11.8 Å². The molecule has 2 amide bonds. The lowest BCUT2D eigenvalue weighted by molar-refractivity contribution is -0.133. The van der Waals surface area contributed by atoms with Gasteiger partial charge in [0.05, 0.1) is 19.6 Å². The van der Waals surface area contributed by atoms with Crippen molar-refractivity contribution in [3.63, 3.8) is 0 Å². The van der Waals surface area contributed by atoms with E-state index in [2.05, 4.69) is 15.6 Å². The van der Waals surface area contributed by atoms with Gasteiger partial charge in [0, 0.05) is 44.1 Å². The zero-order valence-electron chi connectivity index (χ0n) is 16.5. The fourth-order valence-corrected chi connectivity index (χ4v) is 3.27. The maximum absolute atomic E-state index is 12.4. The minimum absolute atomic E-state index is 0.110. The molecule has 0 saturated carbocycles. The molecule has 1 aromatic carbocycles. The average Bonchev–Trinajstić information content (AvgIpc) is 2.75. The Labute approximate surface area is 170 Å². The van der Waals surface area contributed by atoms with E-state index in [1.54, 1.807) is 19.5 Å². The largest absolute Gasteiger partial charge is 0.496 e. The molecule has 1 aliphatic rings. The quantitative estimate of drug-likeness (QED) is 0.711. The number of benzene rings is 1. The molecule has 1 atom stereocenters. The van der Waals surface area contributed by atoms with Gasteiger partial charge in [-0.05, 0) is 23.8 Å². The summed E-state index contributed by atoms with van der Waals surface area (Å²) in [6.07, 6.45) is 7.47. The molecular weight excluding hydrogens is 368 g/mol. The number of nitrogens with one attached hydrogen (secondary N) is 2. The summed E-state index contributed by atoms with van der Waals surface area (Å²) < 4.78 is 5.36. The first-order chi connectivity index (χ1) is 14.2. The molecule has 0 bridgehead atoms. The van der Waals surface area contributed by atoms with Gasteiger partial charge >= 0.3 is 0 Å². The third kappa shape index (κ3) is 5.89. The Morgan fingerprint density at radius 1 is 1.31 bits per heavy atom. The number of pyridine rings is 1. The van der Waals surface area contributed by atoms with Gasteiger partial charge in [-0.2, -0.15) is 0 Å². The number of para-hydroxylation sites is 1. The number of carbonyl (C=O) groups excluding carboxylic acids is 2. The third-order valence-corrected chi connectivity index (χ3v) is 4.84. The Balaban J connectivity index is 1.57. The average molecular weight is 394 g/mol. The molecule has 2 N–H and O–H groups in total. The van der Waals surface area contributed by atoms with Crippen molar-refractivity contribution >= 4 is 17.9 Å². The molecule has 7 nitrogen and oxygen atoms in total. The van der Waals surface area contributed by atoms with E-state index in [9.17, 15) is 9.59 Å². The third-order valence-electron chi connectivity index (χ3n) is 4.84. The number of carbonyl (C=O) groups is 2. The van der Waals surface area contributed by atoms with Crippen LogP contribution in [0.4, 0.5) is 0 Å². The second-order valence-corrected chi connectivity index (χ2v) is 6.78. The van der Waals surface area contributed by atoms with E-state index in [-0.39, 0.29) is 18.2 Å². The molecular formula is C22H26N4O3. The topological polar surface area (TPSA) is 83.6 Å². The van der Waals surface area contributed by atoms with Crippen molar-refractivity contribution in [2.45, 2.75) is 19.0 Å². The summed E-state index contributed by atoms with van der Waals surface area (Å²) >= 11 is 0. The van der Waals surface area contributed by atoms with Gasteiger partial charge in [-0.1, -0.05) is 30.4 Å². The number of amides is 2. The van der Waals surface area contributed by atoms with Gasteiger partial charge < -0.3 is 15.4 Å². The summed E-state index contributed by atoms with van der Waals surface area (Å²) in [5.74, 6) is 0.538. The molecule has 2 aromatic rings. The maximum Gasteiger partial charge on any atom is 0.237 e. The van der Waals surface area contributed by atoms with Crippen molar-refractivity contribution in [2.75, 3.05) is 26.7 Å². The first-order valence-corrected chi connectivity index (χ1v) is 9.64. The minimum atomic E-state index is -0.483. The number of piperazine rings is 1. The molecule has 3 rings (SSSR count). The van der Waals surface area contributed by atoms with Crippen LogP contribution in [0.1, 0.15) is 17.5 Å². The smallest absolute Gasteiger partial charge is 0.237 e. The summed E-state index contributed by atoms with van der Waals surface area (Å²) in [6, 6.07) is 11.0.